The summed E-state index contributed by atoms with van der Waals surface area (Å²) in [5.74, 6) is 0. The van der Waals surface area contributed by atoms with Crippen molar-refractivity contribution < 1.29 is 13.5 Å². The van der Waals surface area contributed by atoms with E-state index in [9.17, 15) is 8.42 Å². The van der Waals surface area contributed by atoms with Gasteiger partial charge in [0.2, 0.25) is 10.0 Å². The summed E-state index contributed by atoms with van der Waals surface area (Å²) in [5, 5.41) is 9.45. The van der Waals surface area contributed by atoms with Crippen LogP contribution in [-0.2, 0) is 10.0 Å². The van der Waals surface area contributed by atoms with Crippen LogP contribution in [-0.4, -0.2) is 31.2 Å². The molecule has 20 heavy (non-hydrogen) atoms. The molecule has 1 aromatic carbocycles. The lowest BCUT2D eigenvalue weighted by Crippen LogP contribution is -2.33. The molecule has 108 valence electrons. The topological polar surface area (TPSA) is 105 Å². The first kappa shape index (κ1) is 14.7. The number of aromatic nitrogens is 1. The standard InChI is InChI=1S/C13H17N3O3S/c1-9(6-8-17)16-20(18,19)12-5-4-11(14)10-3-2-7-15-13(10)12/h2-5,7,9,16-17H,6,8,14H2,1H3. The summed E-state index contributed by atoms with van der Waals surface area (Å²) in [7, 11) is -3.70. The summed E-state index contributed by atoms with van der Waals surface area (Å²) in [6.45, 7) is 1.62. The van der Waals surface area contributed by atoms with Crippen molar-refractivity contribution in [1.82, 2.24) is 9.71 Å². The van der Waals surface area contributed by atoms with Crippen LogP contribution in [0.3, 0.4) is 0 Å². The third kappa shape index (κ3) is 2.90. The van der Waals surface area contributed by atoms with Crippen LogP contribution in [0.25, 0.3) is 10.9 Å². The number of pyridine rings is 1. The van der Waals surface area contributed by atoms with Crippen LogP contribution < -0.4 is 10.5 Å². The van der Waals surface area contributed by atoms with Gasteiger partial charge >= 0.3 is 0 Å². The molecule has 2 aromatic rings. The SMILES string of the molecule is CC(CCO)NS(=O)(=O)c1ccc(N)c2cccnc12. The van der Waals surface area contributed by atoms with Gasteiger partial charge in [0, 0.05) is 29.9 Å². The van der Waals surface area contributed by atoms with Crippen LogP contribution in [0.4, 0.5) is 5.69 Å². The van der Waals surface area contributed by atoms with Crippen molar-refractivity contribution in [2.24, 2.45) is 0 Å². The fourth-order valence-corrected chi connectivity index (χ4v) is 3.41. The fourth-order valence-electron chi connectivity index (χ4n) is 1.97. The number of aliphatic hydroxyl groups excluding tert-OH is 1. The average Bonchev–Trinajstić information content (AvgIpc) is 2.38. The van der Waals surface area contributed by atoms with Gasteiger partial charge in [-0.25, -0.2) is 13.1 Å². The van der Waals surface area contributed by atoms with Crippen LogP contribution in [0, 0.1) is 0 Å². The van der Waals surface area contributed by atoms with Crippen LogP contribution in [0.2, 0.25) is 0 Å². The second-order valence-corrected chi connectivity index (χ2v) is 6.27. The molecule has 0 saturated heterocycles. The van der Waals surface area contributed by atoms with Gasteiger partial charge < -0.3 is 10.8 Å². The summed E-state index contributed by atoms with van der Waals surface area (Å²) < 4.78 is 27.3. The summed E-state index contributed by atoms with van der Waals surface area (Å²) in [4.78, 5) is 4.20. The van der Waals surface area contributed by atoms with E-state index in [1.54, 1.807) is 25.1 Å². The average molecular weight is 295 g/mol. The second kappa shape index (κ2) is 5.74. The molecule has 6 nitrogen and oxygen atoms in total. The van der Waals surface area contributed by atoms with Crippen molar-refractivity contribution in [1.29, 1.82) is 0 Å². The molecule has 0 saturated carbocycles. The van der Waals surface area contributed by atoms with Crippen LogP contribution in [0.1, 0.15) is 13.3 Å². The number of fused-ring (bicyclic) bond motifs is 1. The molecule has 2 rings (SSSR count). The molecule has 0 aliphatic rings. The Morgan fingerprint density at radius 1 is 1.40 bits per heavy atom. The Hall–Kier alpha value is -1.70. The Kier molecular flexibility index (Phi) is 4.22. The predicted octanol–water partition coefficient (Wildman–Crippen LogP) is 0.866. The monoisotopic (exact) mass is 295 g/mol. The van der Waals surface area contributed by atoms with Gasteiger partial charge in [-0.1, -0.05) is 0 Å². The highest BCUT2D eigenvalue weighted by molar-refractivity contribution is 7.89. The lowest BCUT2D eigenvalue weighted by Gasteiger charge is -2.14. The summed E-state index contributed by atoms with van der Waals surface area (Å²) in [5.41, 5.74) is 6.65. The molecule has 7 heteroatoms. The zero-order valence-electron chi connectivity index (χ0n) is 11.1. The smallest absolute Gasteiger partial charge is 0.242 e. The molecule has 1 atom stereocenters. The zero-order chi connectivity index (χ0) is 14.8. The largest absolute Gasteiger partial charge is 0.398 e. The number of aliphatic hydroxyl groups is 1. The molecule has 4 N–H and O–H groups in total. The second-order valence-electron chi connectivity index (χ2n) is 4.59. The predicted molar refractivity (Wildman–Crippen MR) is 77.6 cm³/mol. The van der Waals surface area contributed by atoms with Gasteiger partial charge in [-0.3, -0.25) is 4.98 Å². The van der Waals surface area contributed by atoms with Crippen molar-refractivity contribution in [3.8, 4) is 0 Å². The Morgan fingerprint density at radius 3 is 2.85 bits per heavy atom. The van der Waals surface area contributed by atoms with Crippen molar-refractivity contribution in [3.63, 3.8) is 0 Å². The van der Waals surface area contributed by atoms with Gasteiger partial charge in [0.05, 0.1) is 5.52 Å². The Morgan fingerprint density at radius 2 is 2.15 bits per heavy atom. The van der Waals surface area contributed by atoms with E-state index in [1.807, 2.05) is 0 Å². The molecule has 0 amide bonds. The zero-order valence-corrected chi connectivity index (χ0v) is 11.9. The molecule has 0 fully saturated rings. The van der Waals surface area contributed by atoms with E-state index in [0.717, 1.165) is 0 Å². The van der Waals surface area contributed by atoms with Gasteiger partial charge in [-0.05, 0) is 37.6 Å². The Bertz CT molecular complexity index is 716. The lowest BCUT2D eigenvalue weighted by atomic mass is 10.2. The van der Waals surface area contributed by atoms with E-state index in [2.05, 4.69) is 9.71 Å². The number of sulfonamides is 1. The maximum Gasteiger partial charge on any atom is 0.242 e. The maximum absolute atomic E-state index is 12.4. The van der Waals surface area contributed by atoms with Crippen molar-refractivity contribution in [3.05, 3.63) is 30.5 Å². The molecular formula is C13H17N3O3S. The van der Waals surface area contributed by atoms with E-state index in [-0.39, 0.29) is 17.5 Å². The molecule has 1 unspecified atom stereocenters. The van der Waals surface area contributed by atoms with Gasteiger partial charge in [-0.2, -0.15) is 0 Å². The third-order valence-corrected chi connectivity index (χ3v) is 4.60. The number of nitrogens with two attached hydrogens (primary N) is 1. The first-order chi connectivity index (χ1) is 9.45. The van der Waals surface area contributed by atoms with Gasteiger partial charge in [-0.15, -0.1) is 0 Å². The maximum atomic E-state index is 12.4. The number of nitrogen functional groups attached to an aromatic ring is 1. The number of rotatable bonds is 5. The van der Waals surface area contributed by atoms with Crippen LogP contribution >= 0.6 is 0 Å². The molecule has 0 aliphatic carbocycles. The summed E-state index contributed by atoms with van der Waals surface area (Å²) in [6.07, 6.45) is 1.87. The van der Waals surface area contributed by atoms with Gasteiger partial charge in [0.1, 0.15) is 4.90 Å². The first-order valence-electron chi connectivity index (χ1n) is 6.22. The highest BCUT2D eigenvalue weighted by Gasteiger charge is 2.21. The Labute approximate surface area is 117 Å². The molecule has 0 radical (unpaired) electrons. The van der Waals surface area contributed by atoms with Crippen molar-refractivity contribution in [2.45, 2.75) is 24.3 Å². The van der Waals surface area contributed by atoms with E-state index in [0.29, 0.717) is 23.0 Å². The normalized spacial score (nSPS) is 13.5. The molecule has 0 aliphatic heterocycles. The van der Waals surface area contributed by atoms with Crippen molar-refractivity contribution >= 4 is 26.6 Å². The number of nitrogens with zero attached hydrogens (tertiary/aromatic N) is 1. The minimum atomic E-state index is -3.70. The number of benzene rings is 1. The number of nitrogens with one attached hydrogen (secondary N) is 1. The molecule has 1 aromatic heterocycles. The van der Waals surface area contributed by atoms with Crippen molar-refractivity contribution in [2.75, 3.05) is 12.3 Å². The van der Waals surface area contributed by atoms with Crippen LogP contribution in [0.15, 0.2) is 35.4 Å². The summed E-state index contributed by atoms with van der Waals surface area (Å²) in [6, 6.07) is 6.07. The van der Waals surface area contributed by atoms with Crippen LogP contribution in [0.5, 0.6) is 0 Å². The minimum Gasteiger partial charge on any atom is -0.398 e. The quantitative estimate of drug-likeness (QED) is 0.710. The molecule has 1 heterocycles. The molecular weight excluding hydrogens is 278 g/mol. The molecule has 0 bridgehead atoms. The Balaban J connectivity index is 2.50. The van der Waals surface area contributed by atoms with Gasteiger partial charge in [0.25, 0.3) is 0 Å². The lowest BCUT2D eigenvalue weighted by molar-refractivity contribution is 0.275. The number of hydrogen-bond donors (Lipinski definition) is 3. The third-order valence-electron chi connectivity index (χ3n) is 2.97. The number of hydrogen-bond acceptors (Lipinski definition) is 5. The van der Waals surface area contributed by atoms with E-state index in [1.165, 1.54) is 12.3 Å². The van der Waals surface area contributed by atoms with E-state index < -0.39 is 10.0 Å². The molecule has 0 spiro atoms. The van der Waals surface area contributed by atoms with Gasteiger partial charge in [0.15, 0.2) is 0 Å². The van der Waals surface area contributed by atoms with E-state index >= 15 is 0 Å². The highest BCUT2D eigenvalue weighted by atomic mass is 32.2. The highest BCUT2D eigenvalue weighted by Crippen LogP contribution is 2.25. The fraction of sp³-hybridized carbons (Fsp3) is 0.308. The summed E-state index contributed by atoms with van der Waals surface area (Å²) >= 11 is 0. The van der Waals surface area contributed by atoms with E-state index in [4.69, 9.17) is 10.8 Å². The number of anilines is 1. The minimum absolute atomic E-state index is 0.0789. The first-order valence-corrected chi connectivity index (χ1v) is 7.70.